The molecule has 0 aliphatic carbocycles. The molecular formula is C29H27N3OS. The van der Waals surface area contributed by atoms with Gasteiger partial charge in [-0.05, 0) is 72.1 Å². The normalized spacial score (nSPS) is 16.3. The second kappa shape index (κ2) is 9.35. The van der Waals surface area contributed by atoms with Crippen molar-refractivity contribution >= 4 is 51.2 Å². The Labute approximate surface area is 204 Å². The molecule has 0 N–H and O–H groups in total. The first-order valence-electron chi connectivity index (χ1n) is 11.6. The van der Waals surface area contributed by atoms with Gasteiger partial charge in [0.05, 0.1) is 16.3 Å². The van der Waals surface area contributed by atoms with Crippen molar-refractivity contribution in [1.29, 1.82) is 0 Å². The average Bonchev–Trinajstić information content (AvgIpc) is 3.35. The molecule has 1 amide bonds. The predicted molar refractivity (Wildman–Crippen MR) is 145 cm³/mol. The van der Waals surface area contributed by atoms with E-state index in [1.807, 2.05) is 49.5 Å². The van der Waals surface area contributed by atoms with Crippen LogP contribution in [0.1, 0.15) is 30.5 Å². The topological polar surface area (TPSA) is 37.6 Å². The van der Waals surface area contributed by atoms with Crippen LogP contribution in [0.4, 0.5) is 11.4 Å². The molecule has 0 radical (unpaired) electrons. The summed E-state index contributed by atoms with van der Waals surface area (Å²) in [6.45, 7) is 4.27. The maximum Gasteiger partial charge on any atom is 0.271 e. The number of aryl methyl sites for hydroxylation is 3. The molecule has 3 aromatic carbocycles. The zero-order chi connectivity index (χ0) is 23.7. The lowest BCUT2D eigenvalue weighted by Gasteiger charge is -2.16. The SMILES string of the molecule is CCc1ccc(N=C2S/C(=C\c3cn(C)c4ccccc34)C(=O)N2c2ccc(CC)cc2)cc1. The van der Waals surface area contributed by atoms with E-state index in [4.69, 9.17) is 4.99 Å². The second-order valence-electron chi connectivity index (χ2n) is 8.40. The van der Waals surface area contributed by atoms with Gasteiger partial charge in [0.15, 0.2) is 5.17 Å². The van der Waals surface area contributed by atoms with Crippen molar-refractivity contribution in [2.75, 3.05) is 4.90 Å². The van der Waals surface area contributed by atoms with Crippen LogP contribution in [0, 0.1) is 0 Å². The molecule has 2 heterocycles. The molecule has 0 spiro atoms. The molecule has 0 saturated carbocycles. The number of carbonyl (C=O) groups excluding carboxylic acids is 1. The molecule has 0 bridgehead atoms. The van der Waals surface area contributed by atoms with E-state index in [-0.39, 0.29) is 5.91 Å². The Morgan fingerprint density at radius 3 is 2.21 bits per heavy atom. The number of hydrogen-bond donors (Lipinski definition) is 0. The Balaban J connectivity index is 1.58. The minimum absolute atomic E-state index is 0.0499. The number of thioether (sulfide) groups is 1. The lowest BCUT2D eigenvalue weighted by molar-refractivity contribution is -0.113. The van der Waals surface area contributed by atoms with Crippen LogP contribution in [0.5, 0.6) is 0 Å². The molecule has 34 heavy (non-hydrogen) atoms. The van der Waals surface area contributed by atoms with Crippen LogP contribution < -0.4 is 4.90 Å². The number of amidine groups is 1. The Morgan fingerprint density at radius 1 is 0.882 bits per heavy atom. The highest BCUT2D eigenvalue weighted by atomic mass is 32.2. The van der Waals surface area contributed by atoms with E-state index < -0.39 is 0 Å². The monoisotopic (exact) mass is 465 g/mol. The molecule has 1 aromatic heterocycles. The number of carbonyl (C=O) groups is 1. The maximum absolute atomic E-state index is 13.7. The van der Waals surface area contributed by atoms with E-state index in [0.29, 0.717) is 10.1 Å². The summed E-state index contributed by atoms with van der Waals surface area (Å²) in [5.74, 6) is -0.0499. The Hall–Kier alpha value is -3.57. The van der Waals surface area contributed by atoms with Gasteiger partial charge in [0.1, 0.15) is 0 Å². The number of nitrogens with zero attached hydrogens (tertiary/aromatic N) is 3. The Bertz CT molecular complexity index is 1410. The van der Waals surface area contributed by atoms with Crippen LogP contribution in [-0.2, 0) is 24.7 Å². The van der Waals surface area contributed by atoms with E-state index in [1.54, 1.807) is 4.90 Å². The van der Waals surface area contributed by atoms with Gasteiger partial charge in [0.25, 0.3) is 5.91 Å². The highest BCUT2D eigenvalue weighted by Gasteiger charge is 2.35. The molecule has 1 aliphatic rings. The van der Waals surface area contributed by atoms with Crippen molar-refractivity contribution < 1.29 is 4.79 Å². The van der Waals surface area contributed by atoms with E-state index in [0.717, 1.165) is 40.7 Å². The first-order valence-corrected chi connectivity index (χ1v) is 12.4. The molecule has 1 aliphatic heterocycles. The zero-order valence-electron chi connectivity index (χ0n) is 19.7. The maximum atomic E-state index is 13.7. The average molecular weight is 466 g/mol. The molecule has 0 atom stereocenters. The zero-order valence-corrected chi connectivity index (χ0v) is 20.5. The van der Waals surface area contributed by atoms with Gasteiger partial charge < -0.3 is 4.57 Å². The fourth-order valence-electron chi connectivity index (χ4n) is 4.20. The van der Waals surface area contributed by atoms with Crippen LogP contribution in [-0.4, -0.2) is 15.6 Å². The first-order chi connectivity index (χ1) is 16.6. The number of hydrogen-bond acceptors (Lipinski definition) is 3. The molecule has 170 valence electrons. The summed E-state index contributed by atoms with van der Waals surface area (Å²) in [6, 6.07) is 24.6. The molecule has 4 aromatic rings. The Kier molecular flexibility index (Phi) is 6.12. The third kappa shape index (κ3) is 4.19. The highest BCUT2D eigenvalue weighted by molar-refractivity contribution is 8.19. The van der Waals surface area contributed by atoms with Crippen LogP contribution in [0.15, 0.2) is 88.9 Å². The summed E-state index contributed by atoms with van der Waals surface area (Å²) in [4.78, 5) is 20.9. The molecule has 1 saturated heterocycles. The molecule has 1 fully saturated rings. The van der Waals surface area contributed by atoms with Crippen molar-refractivity contribution in [3.63, 3.8) is 0 Å². The standard InChI is InChI=1S/C29H27N3OS/c1-4-20-10-14-23(15-11-20)30-29-32(24-16-12-21(5-2)13-17-24)28(33)27(34-29)18-22-19-31(3)26-9-7-6-8-25(22)26/h6-19H,4-5H2,1-3H3/b27-18-,30-29?. The summed E-state index contributed by atoms with van der Waals surface area (Å²) in [6.07, 6.45) is 6.01. The van der Waals surface area contributed by atoms with Gasteiger partial charge >= 0.3 is 0 Å². The predicted octanol–water partition coefficient (Wildman–Crippen LogP) is 7.11. The number of amides is 1. The molecule has 5 heteroatoms. The smallest absolute Gasteiger partial charge is 0.271 e. The third-order valence-electron chi connectivity index (χ3n) is 6.19. The first kappa shape index (κ1) is 22.2. The number of aliphatic imine (C=N–C) groups is 1. The quantitative estimate of drug-likeness (QED) is 0.295. The molecule has 5 rings (SSSR count). The van der Waals surface area contributed by atoms with Crippen LogP contribution in [0.25, 0.3) is 17.0 Å². The van der Waals surface area contributed by atoms with E-state index in [9.17, 15) is 4.79 Å². The third-order valence-corrected chi connectivity index (χ3v) is 7.16. The lowest BCUT2D eigenvalue weighted by Crippen LogP contribution is -2.28. The number of fused-ring (bicyclic) bond motifs is 1. The van der Waals surface area contributed by atoms with Crippen molar-refractivity contribution in [2.24, 2.45) is 12.0 Å². The highest BCUT2D eigenvalue weighted by Crippen LogP contribution is 2.38. The number of aromatic nitrogens is 1. The van der Waals surface area contributed by atoms with Gasteiger partial charge in [0.2, 0.25) is 0 Å². The number of para-hydroxylation sites is 1. The van der Waals surface area contributed by atoms with Gasteiger partial charge in [-0.3, -0.25) is 9.69 Å². The van der Waals surface area contributed by atoms with Gasteiger partial charge in [-0.1, -0.05) is 56.3 Å². The molecular weight excluding hydrogens is 438 g/mol. The van der Waals surface area contributed by atoms with Crippen molar-refractivity contribution in [3.8, 4) is 0 Å². The Morgan fingerprint density at radius 2 is 1.53 bits per heavy atom. The van der Waals surface area contributed by atoms with Gasteiger partial charge in [-0.2, -0.15) is 0 Å². The lowest BCUT2D eigenvalue weighted by atomic mass is 10.1. The van der Waals surface area contributed by atoms with E-state index in [2.05, 4.69) is 61.0 Å². The minimum atomic E-state index is -0.0499. The van der Waals surface area contributed by atoms with Crippen molar-refractivity contribution in [1.82, 2.24) is 4.57 Å². The van der Waals surface area contributed by atoms with Crippen molar-refractivity contribution in [3.05, 3.63) is 101 Å². The van der Waals surface area contributed by atoms with Crippen LogP contribution >= 0.6 is 11.8 Å². The van der Waals surface area contributed by atoms with Crippen LogP contribution in [0.3, 0.4) is 0 Å². The minimum Gasteiger partial charge on any atom is -0.350 e. The van der Waals surface area contributed by atoms with Gasteiger partial charge in [0, 0.05) is 29.7 Å². The van der Waals surface area contributed by atoms with Gasteiger partial charge in [-0.15, -0.1) is 0 Å². The van der Waals surface area contributed by atoms with E-state index in [1.165, 1.54) is 22.9 Å². The number of anilines is 1. The fraction of sp³-hybridized carbons (Fsp3) is 0.172. The number of benzene rings is 3. The van der Waals surface area contributed by atoms with E-state index >= 15 is 0 Å². The summed E-state index contributed by atoms with van der Waals surface area (Å²) in [5.41, 5.74) is 6.35. The summed E-state index contributed by atoms with van der Waals surface area (Å²) < 4.78 is 2.09. The number of rotatable bonds is 5. The summed E-state index contributed by atoms with van der Waals surface area (Å²) in [7, 11) is 2.03. The summed E-state index contributed by atoms with van der Waals surface area (Å²) in [5, 5.41) is 1.80. The fourth-order valence-corrected chi connectivity index (χ4v) is 5.19. The summed E-state index contributed by atoms with van der Waals surface area (Å²) >= 11 is 1.43. The van der Waals surface area contributed by atoms with Crippen LogP contribution in [0.2, 0.25) is 0 Å². The van der Waals surface area contributed by atoms with Gasteiger partial charge in [-0.25, -0.2) is 4.99 Å². The molecule has 4 nitrogen and oxygen atoms in total. The molecule has 0 unspecified atom stereocenters. The largest absolute Gasteiger partial charge is 0.350 e. The second-order valence-corrected chi connectivity index (χ2v) is 9.41. The van der Waals surface area contributed by atoms with Crippen molar-refractivity contribution in [2.45, 2.75) is 26.7 Å².